The first-order valence-electron chi connectivity index (χ1n) is 8.50. The summed E-state index contributed by atoms with van der Waals surface area (Å²) in [5, 5.41) is 0. The van der Waals surface area contributed by atoms with E-state index in [0.29, 0.717) is 5.41 Å². The van der Waals surface area contributed by atoms with E-state index in [1.807, 2.05) is 0 Å². The molecule has 0 aromatic heterocycles. The summed E-state index contributed by atoms with van der Waals surface area (Å²) < 4.78 is 5.53. The van der Waals surface area contributed by atoms with Crippen molar-refractivity contribution in [1.82, 2.24) is 0 Å². The number of benzene rings is 1. The lowest BCUT2D eigenvalue weighted by Crippen LogP contribution is -2.47. The molecule has 4 aliphatic rings. The van der Waals surface area contributed by atoms with Gasteiger partial charge in [0, 0.05) is 0 Å². The van der Waals surface area contributed by atoms with E-state index in [2.05, 4.69) is 69.4 Å². The molecule has 22 heavy (non-hydrogen) atoms. The number of halogens is 2. The van der Waals surface area contributed by atoms with Crippen molar-refractivity contribution in [3.8, 4) is 5.75 Å². The summed E-state index contributed by atoms with van der Waals surface area (Å²) in [6.45, 7) is 0. The van der Waals surface area contributed by atoms with E-state index in [-0.39, 0.29) is 1.43 Å². The van der Waals surface area contributed by atoms with Crippen LogP contribution < -0.4 is 4.74 Å². The molecule has 0 amide bonds. The molecule has 1 nitrogen and oxygen atoms in total. The lowest BCUT2D eigenvalue weighted by molar-refractivity contribution is -0.0574. The minimum atomic E-state index is 0.216. The molecule has 0 spiro atoms. The number of hydrogen-bond acceptors (Lipinski definition) is 1. The Morgan fingerprint density at radius 2 is 1.50 bits per heavy atom. The number of ether oxygens (including phenoxy) is 1. The van der Waals surface area contributed by atoms with E-state index in [4.69, 9.17) is 4.74 Å². The van der Waals surface area contributed by atoms with Crippen LogP contribution in [0, 0.1) is 23.2 Å². The van der Waals surface area contributed by atoms with Gasteiger partial charge in [-0.3, -0.25) is 0 Å². The lowest BCUT2D eigenvalue weighted by Gasteiger charge is -2.58. The van der Waals surface area contributed by atoms with E-state index in [1.54, 1.807) is 7.11 Å². The molecule has 0 radical (unpaired) electrons. The first-order chi connectivity index (χ1) is 10.5. The summed E-state index contributed by atoms with van der Waals surface area (Å²) in [5.41, 5.74) is 2.09. The maximum atomic E-state index is 5.31. The minimum Gasteiger partial charge on any atom is -0.497 e. The summed E-state index contributed by atoms with van der Waals surface area (Å²) in [5.74, 6) is 4.10. The molecule has 1 aromatic carbocycles. The zero-order valence-corrected chi connectivity index (χ0v) is 17.5. The quantitative estimate of drug-likeness (QED) is 0.332. The van der Waals surface area contributed by atoms with Gasteiger partial charge >= 0.3 is 0 Å². The third-order valence-corrected chi connectivity index (χ3v) is 8.28. The van der Waals surface area contributed by atoms with Crippen molar-refractivity contribution in [3.05, 3.63) is 29.8 Å². The Balaban J connectivity index is 1.56. The van der Waals surface area contributed by atoms with Gasteiger partial charge in [0.25, 0.3) is 0 Å². The second kappa shape index (κ2) is 5.78. The van der Waals surface area contributed by atoms with Crippen LogP contribution in [0.2, 0.25) is 0 Å². The van der Waals surface area contributed by atoms with Crippen LogP contribution in [-0.4, -0.2) is 7.11 Å². The van der Waals surface area contributed by atoms with E-state index < -0.39 is 0 Å². The molecule has 4 saturated carbocycles. The first kappa shape index (κ1) is 16.0. The van der Waals surface area contributed by atoms with E-state index in [0.717, 1.165) is 23.5 Å². The predicted octanol–water partition coefficient (Wildman–Crippen LogP) is 6.32. The van der Waals surface area contributed by atoms with Gasteiger partial charge in [-0.25, -0.2) is 0 Å². The van der Waals surface area contributed by atoms with Crippen LogP contribution in [0.4, 0.5) is 0 Å². The smallest absolute Gasteiger partial charge is 0.118 e. The molecule has 5 rings (SSSR count). The van der Waals surface area contributed by atoms with Gasteiger partial charge in [0.15, 0.2) is 0 Å². The van der Waals surface area contributed by atoms with Crippen LogP contribution in [0.1, 0.15) is 50.5 Å². The van der Waals surface area contributed by atoms with E-state index in [9.17, 15) is 0 Å². The van der Waals surface area contributed by atoms with Crippen LogP contribution >= 0.6 is 45.2 Å². The fourth-order valence-corrected chi connectivity index (χ4v) is 8.25. The van der Waals surface area contributed by atoms with Gasteiger partial charge in [0.05, 0.1) is 8.54 Å². The number of methoxy groups -OCH3 is 1. The molecule has 0 saturated heterocycles. The van der Waals surface area contributed by atoms with Crippen molar-refractivity contribution in [2.24, 2.45) is 23.2 Å². The number of rotatable bonds is 4. The zero-order chi connectivity index (χ0) is 15.4. The third kappa shape index (κ3) is 2.93. The van der Waals surface area contributed by atoms with Crippen LogP contribution in [-0.2, 0) is 1.43 Å². The van der Waals surface area contributed by atoms with Crippen molar-refractivity contribution in [2.45, 2.75) is 46.4 Å². The Hall–Kier alpha value is 0.480. The topological polar surface area (TPSA) is 9.23 Å². The Bertz CT molecular complexity index is 514. The van der Waals surface area contributed by atoms with Crippen molar-refractivity contribution in [2.75, 3.05) is 7.11 Å². The molecule has 0 N–H and O–H groups in total. The summed E-state index contributed by atoms with van der Waals surface area (Å²) in [7, 11) is 1.74. The highest BCUT2D eigenvalue weighted by molar-refractivity contribution is 14.2. The Morgan fingerprint density at radius 3 is 1.95 bits per heavy atom. The molecule has 120 valence electrons. The van der Waals surface area contributed by atoms with Gasteiger partial charge in [-0.2, -0.15) is 0 Å². The molecule has 0 atom stereocenters. The largest absolute Gasteiger partial charge is 0.497 e. The van der Waals surface area contributed by atoms with Gasteiger partial charge in [0.1, 0.15) is 5.75 Å². The van der Waals surface area contributed by atoms with Crippen molar-refractivity contribution in [1.29, 1.82) is 0 Å². The fourth-order valence-electron chi connectivity index (χ4n) is 5.91. The molecule has 0 unspecified atom stereocenters. The van der Waals surface area contributed by atoms with Gasteiger partial charge < -0.3 is 4.74 Å². The Labute approximate surface area is 161 Å². The third-order valence-electron chi connectivity index (χ3n) is 6.27. The molecule has 1 aromatic rings. The molecular formula is C19H24I2O. The highest BCUT2D eigenvalue weighted by atomic mass is 127. The van der Waals surface area contributed by atoms with Crippen LogP contribution in [0.15, 0.2) is 24.3 Å². The van der Waals surface area contributed by atoms with E-state index >= 15 is 0 Å². The normalized spacial score (nSPS) is 36.6. The molecule has 4 bridgehead atoms. The van der Waals surface area contributed by atoms with E-state index in [1.165, 1.54) is 50.5 Å². The zero-order valence-electron chi connectivity index (χ0n) is 13.2. The Kier molecular flexibility index (Phi) is 4.20. The van der Waals surface area contributed by atoms with Crippen LogP contribution in [0.3, 0.4) is 0 Å². The highest BCUT2D eigenvalue weighted by Gasteiger charge is 2.53. The summed E-state index contributed by atoms with van der Waals surface area (Å²) in [6.07, 6.45) is 10.5. The van der Waals surface area contributed by atoms with Gasteiger partial charge in [-0.15, -0.1) is 0 Å². The second-order valence-electron chi connectivity index (χ2n) is 8.03. The van der Waals surface area contributed by atoms with Gasteiger partial charge in [0.2, 0.25) is 0 Å². The maximum absolute atomic E-state index is 5.31. The van der Waals surface area contributed by atoms with Crippen molar-refractivity contribution >= 4 is 45.2 Å². The molecule has 4 fully saturated rings. The molecular weight excluding hydrogens is 498 g/mol. The molecule has 0 aliphatic heterocycles. The monoisotopic (exact) mass is 522 g/mol. The highest BCUT2D eigenvalue weighted by Crippen LogP contribution is 2.65. The van der Waals surface area contributed by atoms with Gasteiger partial charge in [-0.1, -0.05) is 57.3 Å². The summed E-state index contributed by atoms with van der Waals surface area (Å²) >= 11 is 5.40. The average Bonchev–Trinajstić information content (AvgIpc) is 2.44. The Morgan fingerprint density at radius 1 is 1.00 bits per heavy atom. The SMILES string of the molecule is COc1ccc(C(I)(I)CC23CC4CC(CC(C4)C2)C3)cc1. The standard InChI is InChI=1S/C19H24I2O/c1-22-17-4-2-16(3-5-17)19(20,21)12-18-9-13-6-14(10-18)8-15(7-13)11-18/h2-5,13-15H,6-12H2,1H3. The fraction of sp³-hybridized carbons (Fsp3) is 0.684. The van der Waals surface area contributed by atoms with Gasteiger partial charge in [-0.05, 0) is 85.8 Å². The molecule has 0 heterocycles. The molecule has 3 heteroatoms. The minimum absolute atomic E-state index is 0.216. The van der Waals surface area contributed by atoms with Crippen molar-refractivity contribution < 1.29 is 4.74 Å². The van der Waals surface area contributed by atoms with Crippen LogP contribution in [0.5, 0.6) is 5.75 Å². The second-order valence-corrected chi connectivity index (χ2v) is 13.8. The number of alkyl halides is 2. The van der Waals surface area contributed by atoms with Crippen LogP contribution in [0.25, 0.3) is 0 Å². The first-order valence-corrected chi connectivity index (χ1v) is 10.7. The average molecular weight is 522 g/mol. The summed E-state index contributed by atoms with van der Waals surface area (Å²) in [6, 6.07) is 8.75. The molecule has 4 aliphatic carbocycles. The predicted molar refractivity (Wildman–Crippen MR) is 108 cm³/mol. The maximum Gasteiger partial charge on any atom is 0.118 e. The lowest BCUT2D eigenvalue weighted by atomic mass is 9.48. The number of hydrogen-bond donors (Lipinski definition) is 0. The van der Waals surface area contributed by atoms with Crippen molar-refractivity contribution in [3.63, 3.8) is 0 Å². The summed E-state index contributed by atoms with van der Waals surface area (Å²) in [4.78, 5) is 0.